The van der Waals surface area contributed by atoms with Gasteiger partial charge in [0.05, 0.1) is 10.5 Å². The number of nitro groups is 1. The van der Waals surface area contributed by atoms with Crippen LogP contribution in [0.15, 0.2) is 48.5 Å². The number of anilines is 1. The second kappa shape index (κ2) is 7.17. The van der Waals surface area contributed by atoms with E-state index in [0.29, 0.717) is 11.3 Å². The number of hydrogen-bond acceptors (Lipinski definition) is 3. The topological polar surface area (TPSA) is 72.2 Å². The van der Waals surface area contributed by atoms with E-state index >= 15 is 0 Å². The average molecular weight is 408 g/mol. The highest BCUT2D eigenvalue weighted by Crippen LogP contribution is 2.20. The Bertz CT molecular complexity index is 757. The monoisotopic (exact) mass is 408 g/mol. The van der Waals surface area contributed by atoms with Crippen molar-refractivity contribution in [3.63, 3.8) is 0 Å². The summed E-state index contributed by atoms with van der Waals surface area (Å²) in [7, 11) is 0. The van der Waals surface area contributed by atoms with Crippen LogP contribution in [0, 0.1) is 20.6 Å². The minimum absolute atomic E-state index is 0.0311. The lowest BCUT2D eigenvalue weighted by atomic mass is 10.1. The molecule has 0 radical (unpaired) electrons. The van der Waals surface area contributed by atoms with E-state index < -0.39 is 4.92 Å². The second-order valence-electron chi connectivity index (χ2n) is 4.60. The first-order chi connectivity index (χ1) is 10.5. The maximum atomic E-state index is 11.9. The fourth-order valence-electron chi connectivity index (χ4n) is 1.81. The number of halogens is 1. The summed E-state index contributed by atoms with van der Waals surface area (Å²) in [6.45, 7) is 1.99. The van der Waals surface area contributed by atoms with E-state index in [1.54, 1.807) is 18.2 Å². The van der Waals surface area contributed by atoms with Crippen molar-refractivity contribution in [2.24, 2.45) is 0 Å². The Hall–Kier alpha value is -2.22. The lowest BCUT2D eigenvalue weighted by Gasteiger charge is -2.04. The van der Waals surface area contributed by atoms with Gasteiger partial charge in [-0.1, -0.05) is 18.2 Å². The number of carbonyl (C=O) groups excluding carboxylic acids is 1. The zero-order valence-corrected chi connectivity index (χ0v) is 13.9. The van der Waals surface area contributed by atoms with Gasteiger partial charge in [0.15, 0.2) is 0 Å². The lowest BCUT2D eigenvalue weighted by molar-refractivity contribution is -0.385. The molecule has 2 aromatic carbocycles. The van der Waals surface area contributed by atoms with Crippen LogP contribution < -0.4 is 5.32 Å². The second-order valence-corrected chi connectivity index (χ2v) is 5.76. The number of nitrogens with one attached hydrogen (secondary N) is 1. The van der Waals surface area contributed by atoms with Gasteiger partial charge >= 0.3 is 0 Å². The van der Waals surface area contributed by atoms with E-state index in [9.17, 15) is 14.9 Å². The zero-order valence-electron chi connectivity index (χ0n) is 11.7. The number of carbonyl (C=O) groups is 1. The summed E-state index contributed by atoms with van der Waals surface area (Å²) in [5, 5.41) is 13.6. The van der Waals surface area contributed by atoms with Gasteiger partial charge in [0.25, 0.3) is 5.69 Å². The molecule has 5 nitrogen and oxygen atoms in total. The van der Waals surface area contributed by atoms with Crippen LogP contribution in [0.1, 0.15) is 11.1 Å². The van der Waals surface area contributed by atoms with Crippen molar-refractivity contribution >= 4 is 45.9 Å². The molecule has 0 unspecified atom stereocenters. The van der Waals surface area contributed by atoms with Crippen molar-refractivity contribution in [1.29, 1.82) is 0 Å². The van der Waals surface area contributed by atoms with Gasteiger partial charge in [-0.3, -0.25) is 14.9 Å². The Labute approximate surface area is 141 Å². The third-order valence-corrected chi connectivity index (χ3v) is 4.15. The minimum atomic E-state index is -0.472. The first kappa shape index (κ1) is 16.2. The highest BCUT2D eigenvalue weighted by Gasteiger charge is 2.09. The SMILES string of the molecule is Cc1ccc(NC(=O)/C=C/c2ccccc2[N+](=O)[O-])cc1I. The number of hydrogen-bond donors (Lipinski definition) is 1. The third-order valence-electron chi connectivity index (χ3n) is 2.99. The van der Waals surface area contributed by atoms with Gasteiger partial charge in [0.1, 0.15) is 0 Å². The Kier molecular flexibility index (Phi) is 5.26. The van der Waals surface area contributed by atoms with Crippen LogP contribution in [0.4, 0.5) is 11.4 Å². The number of aryl methyl sites for hydroxylation is 1. The summed E-state index contributed by atoms with van der Waals surface area (Å²) in [5.74, 6) is -0.335. The van der Waals surface area contributed by atoms with Crippen LogP contribution >= 0.6 is 22.6 Å². The Morgan fingerprint density at radius 3 is 2.68 bits per heavy atom. The first-order valence-corrected chi connectivity index (χ1v) is 7.54. The normalized spacial score (nSPS) is 10.6. The highest BCUT2D eigenvalue weighted by molar-refractivity contribution is 14.1. The lowest BCUT2D eigenvalue weighted by Crippen LogP contribution is -2.08. The van der Waals surface area contributed by atoms with Crippen LogP contribution in [-0.4, -0.2) is 10.8 Å². The molecule has 6 heteroatoms. The van der Waals surface area contributed by atoms with Crippen molar-refractivity contribution in [2.75, 3.05) is 5.32 Å². The zero-order chi connectivity index (χ0) is 16.1. The van der Waals surface area contributed by atoms with Gasteiger partial charge in [-0.15, -0.1) is 0 Å². The predicted octanol–water partition coefficient (Wildman–Crippen LogP) is 4.16. The van der Waals surface area contributed by atoms with Crippen LogP contribution in [0.3, 0.4) is 0 Å². The van der Waals surface area contributed by atoms with Gasteiger partial charge in [0, 0.05) is 21.4 Å². The van der Waals surface area contributed by atoms with Gasteiger partial charge in [0.2, 0.25) is 5.91 Å². The summed E-state index contributed by atoms with van der Waals surface area (Å²) >= 11 is 2.19. The Morgan fingerprint density at radius 2 is 2.00 bits per heavy atom. The maximum absolute atomic E-state index is 11.9. The number of benzene rings is 2. The van der Waals surface area contributed by atoms with Gasteiger partial charge in [-0.05, 0) is 59.4 Å². The van der Waals surface area contributed by atoms with Crippen LogP contribution in [0.5, 0.6) is 0 Å². The summed E-state index contributed by atoms with van der Waals surface area (Å²) < 4.78 is 1.05. The molecule has 2 aromatic rings. The molecule has 0 aliphatic heterocycles. The average Bonchev–Trinajstić information content (AvgIpc) is 2.49. The number of amides is 1. The number of rotatable bonds is 4. The molecule has 0 bridgehead atoms. The molecule has 0 saturated heterocycles. The molecular formula is C16H13IN2O3. The van der Waals surface area contributed by atoms with Crippen LogP contribution in [-0.2, 0) is 4.79 Å². The molecule has 1 amide bonds. The van der Waals surface area contributed by atoms with Crippen molar-refractivity contribution in [1.82, 2.24) is 0 Å². The fraction of sp³-hybridized carbons (Fsp3) is 0.0625. The van der Waals surface area contributed by atoms with E-state index in [-0.39, 0.29) is 11.6 Å². The molecule has 112 valence electrons. The summed E-state index contributed by atoms with van der Waals surface area (Å²) in [5.41, 5.74) is 2.18. The van der Waals surface area contributed by atoms with E-state index in [1.165, 1.54) is 18.2 Å². The number of nitro benzene ring substituents is 1. The van der Waals surface area contributed by atoms with E-state index in [4.69, 9.17) is 0 Å². The molecule has 0 saturated carbocycles. The van der Waals surface area contributed by atoms with Crippen LogP contribution in [0.2, 0.25) is 0 Å². The van der Waals surface area contributed by atoms with Crippen molar-refractivity contribution in [2.45, 2.75) is 6.92 Å². The molecule has 0 fully saturated rings. The quantitative estimate of drug-likeness (QED) is 0.358. The van der Waals surface area contributed by atoms with Crippen molar-refractivity contribution in [3.8, 4) is 0 Å². The van der Waals surface area contributed by atoms with Gasteiger partial charge < -0.3 is 5.32 Å². The first-order valence-electron chi connectivity index (χ1n) is 6.46. The van der Waals surface area contributed by atoms with Gasteiger partial charge in [-0.2, -0.15) is 0 Å². The molecule has 22 heavy (non-hydrogen) atoms. The summed E-state index contributed by atoms with van der Waals surface area (Å²) in [6.07, 6.45) is 2.72. The molecule has 2 rings (SSSR count). The van der Waals surface area contributed by atoms with E-state index in [1.807, 2.05) is 25.1 Å². The molecule has 0 aliphatic rings. The fourth-order valence-corrected chi connectivity index (χ4v) is 2.33. The molecule has 0 spiro atoms. The number of para-hydroxylation sites is 1. The van der Waals surface area contributed by atoms with Crippen molar-refractivity contribution in [3.05, 3.63) is 73.4 Å². The standard InChI is InChI=1S/C16H13IN2O3/c1-11-6-8-13(10-14(11)17)18-16(20)9-7-12-4-2-3-5-15(12)19(21)22/h2-10H,1H3,(H,18,20)/b9-7+. The third kappa shape index (κ3) is 4.14. The van der Waals surface area contributed by atoms with E-state index in [0.717, 1.165) is 9.13 Å². The smallest absolute Gasteiger partial charge is 0.276 e. The van der Waals surface area contributed by atoms with Gasteiger partial charge in [-0.25, -0.2) is 0 Å². The molecular weight excluding hydrogens is 395 g/mol. The summed E-state index contributed by atoms with van der Waals surface area (Å²) in [6, 6.07) is 11.9. The predicted molar refractivity (Wildman–Crippen MR) is 94.7 cm³/mol. The van der Waals surface area contributed by atoms with Crippen LogP contribution in [0.25, 0.3) is 6.08 Å². The molecule has 0 heterocycles. The highest BCUT2D eigenvalue weighted by atomic mass is 127. The summed E-state index contributed by atoms with van der Waals surface area (Å²) in [4.78, 5) is 22.3. The Morgan fingerprint density at radius 1 is 1.27 bits per heavy atom. The molecule has 1 N–H and O–H groups in total. The maximum Gasteiger partial charge on any atom is 0.276 e. The minimum Gasteiger partial charge on any atom is -0.322 e. The van der Waals surface area contributed by atoms with E-state index in [2.05, 4.69) is 27.9 Å². The molecule has 0 aliphatic carbocycles. The molecule has 0 atom stereocenters. The largest absolute Gasteiger partial charge is 0.322 e. The Balaban J connectivity index is 2.12. The van der Waals surface area contributed by atoms with Crippen molar-refractivity contribution < 1.29 is 9.72 Å². The number of nitrogens with zero attached hydrogens (tertiary/aromatic N) is 1. The molecule has 0 aromatic heterocycles.